The highest BCUT2D eigenvalue weighted by atomic mass is 32.2. The average molecular weight is 443 g/mol. The second-order valence-electron chi connectivity index (χ2n) is 7.90. The third-order valence-electron chi connectivity index (χ3n) is 5.72. The summed E-state index contributed by atoms with van der Waals surface area (Å²) >= 11 is 0. The van der Waals surface area contributed by atoms with Gasteiger partial charge in [0.2, 0.25) is 10.0 Å². The maximum atomic E-state index is 13.1. The summed E-state index contributed by atoms with van der Waals surface area (Å²) < 4.78 is 50.8. The molecule has 2 aliphatic rings. The molecule has 2 aliphatic heterocycles. The molecule has 0 spiro atoms. The monoisotopic (exact) mass is 442 g/mol. The van der Waals surface area contributed by atoms with Gasteiger partial charge in [-0.3, -0.25) is 4.79 Å². The molecule has 2 fully saturated rings. The molecule has 3 rings (SSSR count). The highest BCUT2D eigenvalue weighted by Crippen LogP contribution is 2.23. The first-order valence-electron chi connectivity index (χ1n) is 10.4. The van der Waals surface area contributed by atoms with E-state index in [1.807, 2.05) is 6.92 Å². The fourth-order valence-corrected chi connectivity index (χ4v) is 7.24. The topological polar surface area (TPSA) is 91.8 Å². The zero-order valence-electron chi connectivity index (χ0n) is 16.9. The quantitative estimate of drug-likeness (QED) is 0.646. The van der Waals surface area contributed by atoms with E-state index in [2.05, 4.69) is 0 Å². The average Bonchev–Trinajstić information content (AvgIpc) is 3.08. The zero-order chi connectivity index (χ0) is 21.1. The van der Waals surface area contributed by atoms with Gasteiger partial charge in [-0.15, -0.1) is 0 Å². The van der Waals surface area contributed by atoms with Gasteiger partial charge in [0, 0.05) is 31.2 Å². The van der Waals surface area contributed by atoms with E-state index in [4.69, 9.17) is 0 Å². The van der Waals surface area contributed by atoms with Crippen LogP contribution in [0.25, 0.3) is 0 Å². The number of carbonyl (C=O) groups is 1. The summed E-state index contributed by atoms with van der Waals surface area (Å²) in [7, 11) is -6.64. The fourth-order valence-electron chi connectivity index (χ4n) is 3.99. The summed E-state index contributed by atoms with van der Waals surface area (Å²) in [6.45, 7) is 3.59. The van der Waals surface area contributed by atoms with Gasteiger partial charge < -0.3 is 4.90 Å². The Balaban J connectivity index is 1.78. The largest absolute Gasteiger partial charge is 0.335 e. The molecule has 2 heterocycles. The summed E-state index contributed by atoms with van der Waals surface area (Å²) in [6, 6.07) is 5.75. The second kappa shape index (κ2) is 9.14. The molecule has 1 unspecified atom stereocenters. The Morgan fingerprint density at radius 1 is 1.14 bits per heavy atom. The number of piperidine rings is 1. The lowest BCUT2D eigenvalue weighted by atomic mass is 10.1. The molecule has 29 heavy (non-hydrogen) atoms. The number of sulfonamides is 1. The third kappa shape index (κ3) is 5.19. The van der Waals surface area contributed by atoms with Crippen molar-refractivity contribution in [1.82, 2.24) is 9.21 Å². The lowest BCUT2D eigenvalue weighted by Crippen LogP contribution is -2.41. The van der Waals surface area contributed by atoms with Crippen LogP contribution >= 0.6 is 0 Å². The summed E-state index contributed by atoms with van der Waals surface area (Å²) in [4.78, 5) is 14.9. The lowest BCUT2D eigenvalue weighted by Gasteiger charge is -2.28. The summed E-state index contributed by atoms with van der Waals surface area (Å²) in [5, 5.41) is 0. The van der Waals surface area contributed by atoms with Crippen LogP contribution in [0.4, 0.5) is 0 Å². The van der Waals surface area contributed by atoms with Gasteiger partial charge in [-0.25, -0.2) is 16.8 Å². The predicted octanol–water partition coefficient (Wildman–Crippen LogP) is 2.29. The smallest absolute Gasteiger partial charge is 0.254 e. The summed E-state index contributed by atoms with van der Waals surface area (Å²) in [6.07, 6.45) is 4.93. The Hall–Kier alpha value is -1.45. The van der Waals surface area contributed by atoms with Gasteiger partial charge in [0.05, 0.1) is 16.4 Å². The van der Waals surface area contributed by atoms with Crippen molar-refractivity contribution in [2.45, 2.75) is 56.4 Å². The van der Waals surface area contributed by atoms with Crippen molar-refractivity contribution < 1.29 is 21.6 Å². The molecule has 1 amide bonds. The Morgan fingerprint density at radius 2 is 1.79 bits per heavy atom. The van der Waals surface area contributed by atoms with Crippen LogP contribution in [0.3, 0.4) is 0 Å². The number of unbranched alkanes of at least 4 members (excludes halogenated alkanes) is 1. The minimum Gasteiger partial charge on any atom is -0.335 e. The van der Waals surface area contributed by atoms with Crippen molar-refractivity contribution in [3.8, 4) is 0 Å². The van der Waals surface area contributed by atoms with Gasteiger partial charge >= 0.3 is 0 Å². The highest BCUT2D eigenvalue weighted by molar-refractivity contribution is 7.91. The number of amides is 1. The van der Waals surface area contributed by atoms with Crippen molar-refractivity contribution >= 4 is 25.8 Å². The van der Waals surface area contributed by atoms with Crippen molar-refractivity contribution in [3.63, 3.8) is 0 Å². The van der Waals surface area contributed by atoms with Crippen LogP contribution in [-0.2, 0) is 19.9 Å². The Kier molecular flexibility index (Phi) is 7.01. The molecule has 0 radical (unpaired) electrons. The van der Waals surface area contributed by atoms with E-state index in [1.165, 1.54) is 16.4 Å². The van der Waals surface area contributed by atoms with Gasteiger partial charge in [0.15, 0.2) is 9.84 Å². The van der Waals surface area contributed by atoms with E-state index < -0.39 is 19.9 Å². The minimum absolute atomic E-state index is 0.00385. The van der Waals surface area contributed by atoms with E-state index >= 15 is 0 Å². The first-order chi connectivity index (χ1) is 13.7. The van der Waals surface area contributed by atoms with E-state index in [-0.39, 0.29) is 28.4 Å². The normalized spacial score (nSPS) is 22.4. The number of carbonyl (C=O) groups excluding carboxylic acids is 1. The van der Waals surface area contributed by atoms with E-state index in [9.17, 15) is 21.6 Å². The van der Waals surface area contributed by atoms with Crippen molar-refractivity contribution in [1.29, 1.82) is 0 Å². The first kappa shape index (κ1) is 22.2. The van der Waals surface area contributed by atoms with E-state index in [0.717, 1.165) is 32.1 Å². The van der Waals surface area contributed by atoms with Crippen molar-refractivity contribution in [2.75, 3.05) is 31.1 Å². The molecule has 7 nitrogen and oxygen atoms in total. The molecule has 0 bridgehead atoms. The van der Waals surface area contributed by atoms with E-state index in [0.29, 0.717) is 31.6 Å². The minimum atomic E-state index is -3.54. The number of hydrogen-bond donors (Lipinski definition) is 0. The van der Waals surface area contributed by atoms with Crippen LogP contribution in [0.2, 0.25) is 0 Å². The van der Waals surface area contributed by atoms with Crippen molar-refractivity contribution in [2.24, 2.45) is 0 Å². The second-order valence-corrected chi connectivity index (χ2v) is 12.1. The zero-order valence-corrected chi connectivity index (χ0v) is 18.6. The molecule has 9 heteroatoms. The van der Waals surface area contributed by atoms with Gasteiger partial charge in [-0.05, 0) is 49.9 Å². The molecule has 1 atom stereocenters. The Morgan fingerprint density at radius 3 is 2.34 bits per heavy atom. The molecule has 0 aliphatic carbocycles. The molecular weight excluding hydrogens is 412 g/mol. The van der Waals surface area contributed by atoms with Gasteiger partial charge in [-0.1, -0.05) is 19.8 Å². The third-order valence-corrected chi connectivity index (χ3v) is 9.38. The molecule has 0 N–H and O–H groups in total. The van der Waals surface area contributed by atoms with Crippen LogP contribution in [0, 0.1) is 0 Å². The SMILES string of the molecule is CCCCN(C(=O)c1ccc(S(=O)(=O)N2CCCCC2)cc1)C1CCS(=O)(=O)C1. The van der Waals surface area contributed by atoms with Crippen LogP contribution in [-0.4, -0.2) is 69.1 Å². The van der Waals surface area contributed by atoms with Crippen LogP contribution in [0.15, 0.2) is 29.2 Å². The molecule has 1 aromatic rings. The fraction of sp³-hybridized carbons (Fsp3) is 0.650. The number of nitrogens with zero attached hydrogens (tertiary/aromatic N) is 2. The van der Waals surface area contributed by atoms with Gasteiger partial charge in [0.25, 0.3) is 5.91 Å². The predicted molar refractivity (Wildman–Crippen MR) is 112 cm³/mol. The molecule has 0 aromatic heterocycles. The Labute approximate surface area is 174 Å². The summed E-state index contributed by atoms with van der Waals surface area (Å²) in [5.41, 5.74) is 0.392. The number of rotatable bonds is 7. The van der Waals surface area contributed by atoms with E-state index in [1.54, 1.807) is 17.0 Å². The molecule has 1 aromatic carbocycles. The highest BCUT2D eigenvalue weighted by Gasteiger charge is 2.35. The number of hydrogen-bond acceptors (Lipinski definition) is 5. The van der Waals surface area contributed by atoms with Gasteiger partial charge in [0.1, 0.15) is 0 Å². The van der Waals surface area contributed by atoms with Crippen LogP contribution < -0.4 is 0 Å². The lowest BCUT2D eigenvalue weighted by molar-refractivity contribution is 0.0694. The number of sulfone groups is 1. The number of benzene rings is 1. The van der Waals surface area contributed by atoms with Crippen LogP contribution in [0.5, 0.6) is 0 Å². The van der Waals surface area contributed by atoms with Gasteiger partial charge in [-0.2, -0.15) is 4.31 Å². The molecule has 0 saturated carbocycles. The van der Waals surface area contributed by atoms with Crippen LogP contribution in [0.1, 0.15) is 55.8 Å². The molecular formula is C20H30N2O5S2. The molecule has 162 valence electrons. The standard InChI is InChI=1S/C20H30N2O5S2/c1-2-3-14-22(18-11-15-28(24,25)16-18)20(23)17-7-9-19(10-8-17)29(26,27)21-12-5-4-6-13-21/h7-10,18H,2-6,11-16H2,1H3. The maximum Gasteiger partial charge on any atom is 0.254 e. The maximum absolute atomic E-state index is 13.1. The molecule has 2 saturated heterocycles. The first-order valence-corrected chi connectivity index (χ1v) is 13.6. The summed E-state index contributed by atoms with van der Waals surface area (Å²) in [5.74, 6) is -0.118. The van der Waals surface area contributed by atoms with Crippen molar-refractivity contribution in [3.05, 3.63) is 29.8 Å². The Bertz CT molecular complexity index is 920.